The molecule has 6 nitrogen and oxygen atoms in total. The second kappa shape index (κ2) is 7.52. The average molecular weight is 370 g/mol. The molecule has 2 aromatic carbocycles. The van der Waals surface area contributed by atoms with Gasteiger partial charge in [-0.1, -0.05) is 31.2 Å². The van der Waals surface area contributed by atoms with Gasteiger partial charge in [0, 0.05) is 22.5 Å². The zero-order valence-corrected chi connectivity index (χ0v) is 15.9. The van der Waals surface area contributed by atoms with Gasteiger partial charge in [0.25, 0.3) is 0 Å². The third kappa shape index (κ3) is 3.44. The van der Waals surface area contributed by atoms with E-state index in [1.165, 1.54) is 11.9 Å². The van der Waals surface area contributed by atoms with E-state index in [9.17, 15) is 0 Å². The van der Waals surface area contributed by atoms with Crippen LogP contribution in [0.2, 0.25) is 0 Å². The van der Waals surface area contributed by atoms with Gasteiger partial charge >= 0.3 is 0 Å². The van der Waals surface area contributed by atoms with Crippen molar-refractivity contribution in [2.75, 3.05) is 16.4 Å². The maximum absolute atomic E-state index is 6.37. The van der Waals surface area contributed by atoms with Crippen LogP contribution >= 0.6 is 0 Å². The molecule has 0 aliphatic carbocycles. The Balaban J connectivity index is 1.68. The predicted octanol–water partition coefficient (Wildman–Crippen LogP) is 4.97. The van der Waals surface area contributed by atoms with Gasteiger partial charge in [-0.3, -0.25) is 4.98 Å². The van der Waals surface area contributed by atoms with Gasteiger partial charge < -0.3 is 16.4 Å². The molecule has 0 unspecified atom stereocenters. The smallest absolute Gasteiger partial charge is 0.159 e. The molecule has 0 bridgehead atoms. The maximum atomic E-state index is 6.37. The Labute approximate surface area is 163 Å². The molecule has 0 saturated heterocycles. The molecule has 0 saturated carbocycles. The number of anilines is 5. The number of hydrogen-bond acceptors (Lipinski definition) is 6. The van der Waals surface area contributed by atoms with Crippen molar-refractivity contribution in [1.29, 1.82) is 0 Å². The van der Waals surface area contributed by atoms with E-state index in [-0.39, 0.29) is 0 Å². The number of nitrogens with one attached hydrogen (secondary N) is 2. The lowest BCUT2D eigenvalue weighted by Crippen LogP contribution is -2.06. The number of fused-ring (bicyclic) bond motifs is 1. The maximum Gasteiger partial charge on any atom is 0.159 e. The van der Waals surface area contributed by atoms with E-state index in [2.05, 4.69) is 38.6 Å². The summed E-state index contributed by atoms with van der Waals surface area (Å²) in [7, 11) is 0. The highest BCUT2D eigenvalue weighted by atomic mass is 15.1. The highest BCUT2D eigenvalue weighted by Gasteiger charge is 2.11. The number of nitrogen functional groups attached to an aromatic ring is 1. The van der Waals surface area contributed by atoms with E-state index in [0.29, 0.717) is 17.3 Å². The van der Waals surface area contributed by atoms with E-state index < -0.39 is 0 Å². The van der Waals surface area contributed by atoms with Crippen molar-refractivity contribution >= 4 is 39.6 Å². The largest absolute Gasteiger partial charge is 0.393 e. The zero-order valence-electron chi connectivity index (χ0n) is 15.9. The highest BCUT2D eigenvalue weighted by Crippen LogP contribution is 2.31. The molecule has 2 heterocycles. The summed E-state index contributed by atoms with van der Waals surface area (Å²) < 4.78 is 0. The Morgan fingerprint density at radius 3 is 2.36 bits per heavy atom. The summed E-state index contributed by atoms with van der Waals surface area (Å²) in [5.41, 5.74) is 11.8. The first-order valence-electron chi connectivity index (χ1n) is 9.24. The number of pyridine rings is 1. The Hall–Kier alpha value is -3.67. The molecule has 4 rings (SSSR count). The molecular weight excluding hydrogens is 348 g/mol. The van der Waals surface area contributed by atoms with Crippen molar-refractivity contribution in [3.63, 3.8) is 0 Å². The Kier molecular flexibility index (Phi) is 4.76. The lowest BCUT2D eigenvalue weighted by Gasteiger charge is -2.15. The van der Waals surface area contributed by atoms with Gasteiger partial charge in [0.2, 0.25) is 0 Å². The van der Waals surface area contributed by atoms with Crippen LogP contribution in [0.15, 0.2) is 60.9 Å². The van der Waals surface area contributed by atoms with Crippen molar-refractivity contribution in [2.24, 2.45) is 0 Å². The summed E-state index contributed by atoms with van der Waals surface area (Å²) >= 11 is 0. The molecule has 4 aromatic rings. The molecule has 0 fully saturated rings. The topological polar surface area (TPSA) is 88.8 Å². The second-order valence-corrected chi connectivity index (χ2v) is 6.57. The molecule has 140 valence electrons. The summed E-state index contributed by atoms with van der Waals surface area (Å²) in [5, 5.41) is 7.68. The van der Waals surface area contributed by atoms with Crippen LogP contribution < -0.4 is 16.4 Å². The van der Waals surface area contributed by atoms with Crippen LogP contribution in [0, 0.1) is 6.92 Å². The number of para-hydroxylation sites is 1. The third-order valence-corrected chi connectivity index (χ3v) is 4.66. The minimum atomic E-state index is 0.463. The Bertz CT molecular complexity index is 1140. The normalized spacial score (nSPS) is 10.8. The van der Waals surface area contributed by atoms with E-state index in [0.717, 1.165) is 34.4 Å². The van der Waals surface area contributed by atoms with Crippen molar-refractivity contribution < 1.29 is 0 Å². The van der Waals surface area contributed by atoms with Crippen LogP contribution in [-0.2, 0) is 6.42 Å². The van der Waals surface area contributed by atoms with Crippen LogP contribution in [0.4, 0.5) is 28.7 Å². The molecule has 0 radical (unpaired) electrons. The first-order valence-corrected chi connectivity index (χ1v) is 9.24. The predicted molar refractivity (Wildman–Crippen MR) is 115 cm³/mol. The number of aromatic nitrogens is 3. The number of hydrogen-bond donors (Lipinski definition) is 3. The summed E-state index contributed by atoms with van der Waals surface area (Å²) in [6, 6.07) is 18.1. The Morgan fingerprint density at radius 1 is 0.857 bits per heavy atom. The zero-order chi connectivity index (χ0) is 19.5. The van der Waals surface area contributed by atoms with Gasteiger partial charge in [0.05, 0.1) is 5.52 Å². The third-order valence-electron chi connectivity index (χ3n) is 4.66. The van der Waals surface area contributed by atoms with Gasteiger partial charge in [-0.2, -0.15) is 0 Å². The molecule has 28 heavy (non-hydrogen) atoms. The van der Waals surface area contributed by atoms with Crippen LogP contribution in [0.3, 0.4) is 0 Å². The molecule has 2 aromatic heterocycles. The molecule has 0 spiro atoms. The SMILES string of the molecule is CCc1ccccc1Nc1ncnc(Nc2cccc3nc(C)ccc23)c1N. The monoisotopic (exact) mass is 370 g/mol. The fraction of sp³-hybridized carbons (Fsp3) is 0.136. The lowest BCUT2D eigenvalue weighted by atomic mass is 10.1. The molecule has 0 aliphatic heterocycles. The van der Waals surface area contributed by atoms with Crippen LogP contribution in [0.25, 0.3) is 10.9 Å². The fourth-order valence-electron chi connectivity index (χ4n) is 3.17. The van der Waals surface area contributed by atoms with Crippen LogP contribution in [0.5, 0.6) is 0 Å². The summed E-state index contributed by atoms with van der Waals surface area (Å²) in [5.74, 6) is 1.13. The van der Waals surface area contributed by atoms with Crippen molar-refractivity contribution in [3.05, 3.63) is 72.2 Å². The number of benzene rings is 2. The molecule has 0 aliphatic rings. The van der Waals surface area contributed by atoms with E-state index in [1.807, 2.05) is 55.5 Å². The minimum absolute atomic E-state index is 0.463. The van der Waals surface area contributed by atoms with E-state index in [4.69, 9.17) is 5.73 Å². The number of rotatable bonds is 5. The highest BCUT2D eigenvalue weighted by molar-refractivity contribution is 5.94. The van der Waals surface area contributed by atoms with Crippen LogP contribution in [-0.4, -0.2) is 15.0 Å². The number of nitrogens with two attached hydrogens (primary N) is 1. The van der Waals surface area contributed by atoms with Crippen molar-refractivity contribution in [3.8, 4) is 0 Å². The summed E-state index contributed by atoms with van der Waals surface area (Å²) in [4.78, 5) is 13.2. The van der Waals surface area contributed by atoms with Gasteiger partial charge in [-0.15, -0.1) is 0 Å². The standard InChI is InChI=1S/C22H22N6/c1-3-15-7-4-5-8-17(15)27-21-20(23)22(25-13-24-21)28-19-10-6-9-18-16(19)12-11-14(2)26-18/h4-13H,3,23H2,1-2H3,(H2,24,25,27,28). The van der Waals surface area contributed by atoms with E-state index in [1.54, 1.807) is 0 Å². The Morgan fingerprint density at radius 2 is 1.57 bits per heavy atom. The summed E-state index contributed by atoms with van der Waals surface area (Å²) in [6.45, 7) is 4.10. The molecular formula is C22H22N6. The summed E-state index contributed by atoms with van der Waals surface area (Å²) in [6.07, 6.45) is 2.42. The lowest BCUT2D eigenvalue weighted by molar-refractivity contribution is 1.13. The molecule has 0 amide bonds. The quantitative estimate of drug-likeness (QED) is 0.460. The minimum Gasteiger partial charge on any atom is -0.393 e. The second-order valence-electron chi connectivity index (χ2n) is 6.57. The van der Waals surface area contributed by atoms with E-state index >= 15 is 0 Å². The fourth-order valence-corrected chi connectivity index (χ4v) is 3.17. The van der Waals surface area contributed by atoms with Gasteiger partial charge in [-0.05, 0) is 49.2 Å². The van der Waals surface area contributed by atoms with Crippen molar-refractivity contribution in [2.45, 2.75) is 20.3 Å². The number of nitrogens with zero attached hydrogens (tertiary/aromatic N) is 3. The van der Waals surface area contributed by atoms with Gasteiger partial charge in [-0.25, -0.2) is 9.97 Å². The van der Waals surface area contributed by atoms with Crippen molar-refractivity contribution in [1.82, 2.24) is 15.0 Å². The van der Waals surface area contributed by atoms with Crippen LogP contribution in [0.1, 0.15) is 18.2 Å². The first-order chi connectivity index (χ1) is 13.7. The molecule has 4 N–H and O–H groups in total. The number of aryl methyl sites for hydroxylation is 2. The molecule has 6 heteroatoms. The van der Waals surface area contributed by atoms with Gasteiger partial charge in [0.15, 0.2) is 11.6 Å². The average Bonchev–Trinajstić information content (AvgIpc) is 2.71. The molecule has 0 atom stereocenters. The first kappa shape index (κ1) is 17.7. The van der Waals surface area contributed by atoms with Gasteiger partial charge in [0.1, 0.15) is 12.0 Å².